The maximum absolute atomic E-state index is 13.0. The van der Waals surface area contributed by atoms with Crippen molar-refractivity contribution < 1.29 is 19.1 Å². The summed E-state index contributed by atoms with van der Waals surface area (Å²) in [4.78, 5) is 27.4. The van der Waals surface area contributed by atoms with Gasteiger partial charge in [-0.25, -0.2) is 0 Å². The summed E-state index contributed by atoms with van der Waals surface area (Å²) < 4.78 is 11.3. The molecule has 5 rings (SSSR count). The molecule has 2 heterocycles. The molecule has 1 N–H and O–H groups in total. The van der Waals surface area contributed by atoms with Gasteiger partial charge in [-0.1, -0.05) is 18.9 Å². The number of likely N-dealkylation sites (tertiary alicyclic amines) is 1. The Balaban J connectivity index is 1.28. The number of amides is 2. The Kier molecular flexibility index (Phi) is 4.65. The van der Waals surface area contributed by atoms with E-state index in [0.717, 1.165) is 42.7 Å². The molecule has 0 bridgehead atoms. The molecule has 1 saturated heterocycles. The zero-order valence-corrected chi connectivity index (χ0v) is 16.2. The second-order valence-corrected chi connectivity index (χ2v) is 8.61. The number of ether oxygens (including phenoxy) is 2. The Hall–Kier alpha value is -2.24. The summed E-state index contributed by atoms with van der Waals surface area (Å²) in [7, 11) is 0. The monoisotopic (exact) mass is 384 g/mol. The lowest BCUT2D eigenvalue weighted by atomic mass is 9.99. The Labute approximate surface area is 165 Å². The number of benzene rings is 1. The first-order chi connectivity index (χ1) is 13.7. The van der Waals surface area contributed by atoms with Gasteiger partial charge in [0.1, 0.15) is 13.2 Å². The molecule has 4 aliphatic rings. The number of carbonyl (C=O) groups excluding carboxylic acids is 2. The number of carbonyl (C=O) groups is 2. The van der Waals surface area contributed by atoms with Gasteiger partial charge in [0, 0.05) is 19.0 Å². The van der Waals surface area contributed by atoms with E-state index in [2.05, 4.69) is 5.32 Å². The summed E-state index contributed by atoms with van der Waals surface area (Å²) in [5.41, 5.74) is 1.07. The molecule has 2 aliphatic heterocycles. The highest BCUT2D eigenvalue weighted by Crippen LogP contribution is 2.43. The topological polar surface area (TPSA) is 67.9 Å². The highest BCUT2D eigenvalue weighted by atomic mass is 16.6. The fraction of sp³-hybridized carbons (Fsp3) is 0.636. The molecule has 1 aromatic carbocycles. The minimum Gasteiger partial charge on any atom is -0.486 e. The third-order valence-electron chi connectivity index (χ3n) is 6.61. The van der Waals surface area contributed by atoms with Crippen LogP contribution in [-0.4, -0.2) is 42.5 Å². The van der Waals surface area contributed by atoms with Gasteiger partial charge in [-0.3, -0.25) is 9.59 Å². The summed E-state index contributed by atoms with van der Waals surface area (Å²) in [6.07, 6.45) is 7.15. The predicted molar refractivity (Wildman–Crippen MR) is 103 cm³/mol. The number of nitrogens with zero attached hydrogens (tertiary/aromatic N) is 1. The summed E-state index contributed by atoms with van der Waals surface area (Å²) in [5, 5.41) is 3.26. The fourth-order valence-corrected chi connectivity index (χ4v) is 4.90. The van der Waals surface area contributed by atoms with Gasteiger partial charge in [0.25, 0.3) is 0 Å². The summed E-state index contributed by atoms with van der Waals surface area (Å²) in [6.45, 7) is 1.70. The van der Waals surface area contributed by atoms with E-state index in [0.29, 0.717) is 38.1 Å². The van der Waals surface area contributed by atoms with Gasteiger partial charge in [0.05, 0.1) is 12.0 Å². The van der Waals surface area contributed by atoms with Crippen molar-refractivity contribution in [2.75, 3.05) is 19.8 Å². The van der Waals surface area contributed by atoms with Crippen molar-refractivity contribution in [1.29, 1.82) is 0 Å². The van der Waals surface area contributed by atoms with Gasteiger partial charge < -0.3 is 19.7 Å². The van der Waals surface area contributed by atoms with E-state index in [9.17, 15) is 9.59 Å². The van der Waals surface area contributed by atoms with Crippen LogP contribution in [0, 0.1) is 11.8 Å². The SMILES string of the molecule is O=C(NC(c1ccc2c(c1)OCCO2)C1CC1)C1CC(=O)N(C2CCCC2)C1. The van der Waals surface area contributed by atoms with E-state index >= 15 is 0 Å². The van der Waals surface area contributed by atoms with Gasteiger partial charge in [-0.15, -0.1) is 0 Å². The zero-order valence-electron chi connectivity index (χ0n) is 16.2. The molecular weight excluding hydrogens is 356 g/mol. The lowest BCUT2D eigenvalue weighted by Crippen LogP contribution is -2.38. The van der Waals surface area contributed by atoms with Crippen molar-refractivity contribution in [3.05, 3.63) is 23.8 Å². The lowest BCUT2D eigenvalue weighted by molar-refractivity contribution is -0.130. The predicted octanol–water partition coefficient (Wildman–Crippen LogP) is 2.82. The Morgan fingerprint density at radius 2 is 1.82 bits per heavy atom. The molecule has 2 saturated carbocycles. The normalized spacial score (nSPS) is 25.8. The number of rotatable bonds is 5. The third-order valence-corrected chi connectivity index (χ3v) is 6.61. The molecule has 2 aliphatic carbocycles. The van der Waals surface area contributed by atoms with Crippen molar-refractivity contribution in [2.45, 2.75) is 57.0 Å². The van der Waals surface area contributed by atoms with Crippen LogP contribution in [0.3, 0.4) is 0 Å². The van der Waals surface area contributed by atoms with Crippen LogP contribution in [0.5, 0.6) is 11.5 Å². The quantitative estimate of drug-likeness (QED) is 0.848. The van der Waals surface area contributed by atoms with Crippen LogP contribution < -0.4 is 14.8 Å². The number of hydrogen-bond acceptors (Lipinski definition) is 4. The molecule has 6 heteroatoms. The second kappa shape index (κ2) is 7.30. The lowest BCUT2D eigenvalue weighted by Gasteiger charge is -2.25. The number of fused-ring (bicyclic) bond motifs is 1. The van der Waals surface area contributed by atoms with E-state index < -0.39 is 0 Å². The molecule has 150 valence electrons. The first-order valence-electron chi connectivity index (χ1n) is 10.7. The van der Waals surface area contributed by atoms with Crippen molar-refractivity contribution in [3.63, 3.8) is 0 Å². The van der Waals surface area contributed by atoms with Gasteiger partial charge in [-0.2, -0.15) is 0 Å². The highest BCUT2D eigenvalue weighted by Gasteiger charge is 2.41. The van der Waals surface area contributed by atoms with Crippen LogP contribution in [0.4, 0.5) is 0 Å². The standard InChI is InChI=1S/C22H28N2O4/c25-20-12-16(13-24(20)17-3-1-2-4-17)22(26)23-21(14-5-6-14)15-7-8-18-19(11-15)28-10-9-27-18/h7-8,11,14,16-17,21H,1-6,9-10,12-13H2,(H,23,26). The smallest absolute Gasteiger partial charge is 0.225 e. The van der Waals surface area contributed by atoms with Crippen LogP contribution in [0.1, 0.15) is 56.6 Å². The molecule has 1 aromatic rings. The van der Waals surface area contributed by atoms with Crippen molar-refractivity contribution >= 4 is 11.8 Å². The van der Waals surface area contributed by atoms with Gasteiger partial charge in [-0.05, 0) is 49.3 Å². The van der Waals surface area contributed by atoms with Crippen molar-refractivity contribution in [3.8, 4) is 11.5 Å². The Morgan fingerprint density at radius 1 is 1.07 bits per heavy atom. The van der Waals surface area contributed by atoms with Crippen LogP contribution in [0.25, 0.3) is 0 Å². The molecule has 28 heavy (non-hydrogen) atoms. The van der Waals surface area contributed by atoms with Crippen molar-refractivity contribution in [1.82, 2.24) is 10.2 Å². The van der Waals surface area contributed by atoms with Crippen LogP contribution >= 0.6 is 0 Å². The molecule has 0 aromatic heterocycles. The van der Waals surface area contributed by atoms with Gasteiger partial charge >= 0.3 is 0 Å². The van der Waals surface area contributed by atoms with Crippen LogP contribution in [0.2, 0.25) is 0 Å². The summed E-state index contributed by atoms with van der Waals surface area (Å²) >= 11 is 0. The minimum absolute atomic E-state index is 0.0145. The molecule has 0 radical (unpaired) electrons. The summed E-state index contributed by atoms with van der Waals surface area (Å²) in [5.74, 6) is 1.92. The zero-order chi connectivity index (χ0) is 19.1. The second-order valence-electron chi connectivity index (χ2n) is 8.61. The first kappa shape index (κ1) is 17.8. The Morgan fingerprint density at radius 3 is 2.57 bits per heavy atom. The van der Waals surface area contributed by atoms with E-state index in [-0.39, 0.29) is 23.8 Å². The van der Waals surface area contributed by atoms with Crippen LogP contribution in [0.15, 0.2) is 18.2 Å². The maximum Gasteiger partial charge on any atom is 0.225 e. The summed E-state index contributed by atoms with van der Waals surface area (Å²) in [6, 6.07) is 6.30. The van der Waals surface area contributed by atoms with E-state index in [1.54, 1.807) is 0 Å². The maximum atomic E-state index is 13.0. The average Bonchev–Trinajstić information content (AvgIpc) is 3.26. The van der Waals surface area contributed by atoms with Crippen molar-refractivity contribution in [2.24, 2.45) is 11.8 Å². The van der Waals surface area contributed by atoms with Gasteiger partial charge in [0.15, 0.2) is 11.5 Å². The molecule has 6 nitrogen and oxygen atoms in total. The van der Waals surface area contributed by atoms with E-state index in [4.69, 9.17) is 9.47 Å². The number of nitrogens with one attached hydrogen (secondary N) is 1. The van der Waals surface area contributed by atoms with Crippen LogP contribution in [-0.2, 0) is 9.59 Å². The molecule has 3 fully saturated rings. The van der Waals surface area contributed by atoms with E-state index in [1.807, 2.05) is 23.1 Å². The molecule has 0 spiro atoms. The number of hydrogen-bond donors (Lipinski definition) is 1. The molecule has 2 unspecified atom stereocenters. The first-order valence-corrected chi connectivity index (χ1v) is 10.7. The highest BCUT2D eigenvalue weighted by molar-refractivity contribution is 5.89. The largest absolute Gasteiger partial charge is 0.486 e. The Bertz CT molecular complexity index is 770. The average molecular weight is 384 g/mol. The molecule has 2 atom stereocenters. The fourth-order valence-electron chi connectivity index (χ4n) is 4.90. The van der Waals surface area contributed by atoms with Gasteiger partial charge in [0.2, 0.25) is 11.8 Å². The minimum atomic E-state index is -0.230. The third kappa shape index (κ3) is 3.45. The molecule has 2 amide bonds. The molecular formula is C22H28N2O4. The van der Waals surface area contributed by atoms with E-state index in [1.165, 1.54) is 12.8 Å².